The zero-order valence-corrected chi connectivity index (χ0v) is 17.1. The summed E-state index contributed by atoms with van der Waals surface area (Å²) in [6.07, 6.45) is 3.94. The van der Waals surface area contributed by atoms with Crippen molar-refractivity contribution in [1.29, 1.82) is 0 Å². The number of aliphatic imine (C=N–C) groups is 2. The van der Waals surface area contributed by atoms with E-state index < -0.39 is 0 Å². The molecule has 1 atom stereocenters. The highest BCUT2D eigenvalue weighted by Crippen LogP contribution is 2.07. The Bertz CT molecular complexity index is 692. The van der Waals surface area contributed by atoms with Gasteiger partial charge in [-0.2, -0.15) is 0 Å². The Balaban J connectivity index is 2.30. The Kier molecular flexibility index (Phi) is 8.55. The highest BCUT2D eigenvalue weighted by molar-refractivity contribution is 6.00. The van der Waals surface area contributed by atoms with E-state index in [0.29, 0.717) is 6.04 Å². The molecular formula is C22H33N5. The average Bonchev–Trinajstić information content (AvgIpc) is 2.66. The third-order valence-corrected chi connectivity index (χ3v) is 4.89. The van der Waals surface area contributed by atoms with Gasteiger partial charge in [0.25, 0.3) is 0 Å². The fraction of sp³-hybridized carbons (Fsp3) is 0.500. The molecule has 5 heteroatoms. The van der Waals surface area contributed by atoms with Crippen molar-refractivity contribution >= 4 is 11.4 Å². The predicted molar refractivity (Wildman–Crippen MR) is 116 cm³/mol. The van der Waals surface area contributed by atoms with Crippen LogP contribution in [0.15, 0.2) is 53.5 Å². The number of fused-ring (bicyclic) bond motifs is 2. The molecule has 27 heavy (non-hydrogen) atoms. The van der Waals surface area contributed by atoms with Crippen molar-refractivity contribution in [1.82, 2.24) is 14.8 Å². The molecule has 146 valence electrons. The van der Waals surface area contributed by atoms with Crippen LogP contribution in [-0.2, 0) is 0 Å². The maximum Gasteiger partial charge on any atom is 0.0845 e. The second-order valence-corrected chi connectivity index (χ2v) is 7.02. The maximum absolute atomic E-state index is 4.76. The first-order chi connectivity index (χ1) is 13.0. The van der Waals surface area contributed by atoms with Crippen LogP contribution >= 0.6 is 0 Å². The van der Waals surface area contributed by atoms with Crippen molar-refractivity contribution in [2.75, 3.05) is 45.8 Å². The van der Waals surface area contributed by atoms with E-state index in [2.05, 4.69) is 29.9 Å². The van der Waals surface area contributed by atoms with Crippen LogP contribution in [-0.4, -0.2) is 78.1 Å². The van der Waals surface area contributed by atoms with Gasteiger partial charge in [0.15, 0.2) is 0 Å². The fourth-order valence-electron chi connectivity index (χ4n) is 3.29. The minimum absolute atomic E-state index is 0.410. The Labute approximate surface area is 164 Å². The highest BCUT2D eigenvalue weighted by Gasteiger charge is 2.16. The first-order valence-electron chi connectivity index (χ1n) is 9.73. The van der Waals surface area contributed by atoms with Gasteiger partial charge in [-0.3, -0.25) is 19.8 Å². The Hall–Kier alpha value is -2.11. The lowest BCUT2D eigenvalue weighted by molar-refractivity contribution is 0.173. The molecule has 1 unspecified atom stereocenters. The minimum Gasteiger partial charge on any atom is -0.296 e. The van der Waals surface area contributed by atoms with E-state index in [1.165, 1.54) is 0 Å². The molecule has 0 fully saturated rings. The van der Waals surface area contributed by atoms with E-state index >= 15 is 0 Å². The zero-order chi connectivity index (χ0) is 19.6. The van der Waals surface area contributed by atoms with Gasteiger partial charge in [0.1, 0.15) is 0 Å². The molecule has 0 aliphatic carbocycles. The molecular weight excluding hydrogens is 334 g/mol. The monoisotopic (exact) mass is 367 g/mol. The summed E-state index contributed by atoms with van der Waals surface area (Å²) in [5, 5.41) is 0. The molecule has 0 aromatic carbocycles. The van der Waals surface area contributed by atoms with Crippen molar-refractivity contribution in [3.05, 3.63) is 54.9 Å². The zero-order valence-electron chi connectivity index (χ0n) is 17.1. The number of hydrogen-bond acceptors (Lipinski definition) is 5. The van der Waals surface area contributed by atoms with Gasteiger partial charge in [-0.05, 0) is 32.9 Å². The summed E-state index contributed by atoms with van der Waals surface area (Å²) in [6, 6.07) is 6.48. The van der Waals surface area contributed by atoms with E-state index in [1.807, 2.05) is 44.2 Å². The quantitative estimate of drug-likeness (QED) is 0.768. The van der Waals surface area contributed by atoms with Gasteiger partial charge < -0.3 is 0 Å². The van der Waals surface area contributed by atoms with Gasteiger partial charge >= 0.3 is 0 Å². The fourth-order valence-corrected chi connectivity index (χ4v) is 3.29. The minimum atomic E-state index is 0.410. The molecule has 0 saturated carbocycles. The van der Waals surface area contributed by atoms with Gasteiger partial charge in [0.2, 0.25) is 0 Å². The Morgan fingerprint density at radius 1 is 1.00 bits per heavy atom. The molecule has 1 aromatic heterocycles. The molecule has 0 N–H and O–H groups in total. The molecule has 2 bridgehead atoms. The SMILES string of the molecule is C=CCN1CCN=C(C)c2cccc(n2)C(C)=NCCN(CC=C)C(C)C1. The van der Waals surface area contributed by atoms with E-state index in [4.69, 9.17) is 15.0 Å². The van der Waals surface area contributed by atoms with Crippen LogP contribution in [0.25, 0.3) is 0 Å². The molecule has 2 heterocycles. The van der Waals surface area contributed by atoms with Crippen LogP contribution in [0.5, 0.6) is 0 Å². The van der Waals surface area contributed by atoms with Crippen LogP contribution in [0.4, 0.5) is 0 Å². The summed E-state index contributed by atoms with van der Waals surface area (Å²) in [5.41, 5.74) is 3.79. The van der Waals surface area contributed by atoms with Crippen molar-refractivity contribution in [3.8, 4) is 0 Å². The molecule has 0 saturated heterocycles. The third-order valence-electron chi connectivity index (χ3n) is 4.89. The molecule has 2 rings (SSSR count). The molecule has 0 radical (unpaired) electrons. The van der Waals surface area contributed by atoms with Crippen molar-refractivity contribution in [2.24, 2.45) is 9.98 Å². The van der Waals surface area contributed by atoms with Gasteiger partial charge in [-0.15, -0.1) is 13.2 Å². The largest absolute Gasteiger partial charge is 0.296 e. The number of rotatable bonds is 4. The van der Waals surface area contributed by atoms with Crippen LogP contribution in [0.2, 0.25) is 0 Å². The van der Waals surface area contributed by atoms with Crippen molar-refractivity contribution in [3.63, 3.8) is 0 Å². The van der Waals surface area contributed by atoms with Crippen molar-refractivity contribution < 1.29 is 0 Å². The van der Waals surface area contributed by atoms with E-state index in [0.717, 1.165) is 68.6 Å². The lowest BCUT2D eigenvalue weighted by atomic mass is 10.2. The van der Waals surface area contributed by atoms with Crippen molar-refractivity contribution in [2.45, 2.75) is 26.8 Å². The van der Waals surface area contributed by atoms with Crippen LogP contribution in [0.1, 0.15) is 32.2 Å². The topological polar surface area (TPSA) is 44.1 Å². The lowest BCUT2D eigenvalue weighted by Crippen LogP contribution is -2.44. The maximum atomic E-state index is 4.76. The van der Waals surface area contributed by atoms with Gasteiger partial charge in [-0.1, -0.05) is 18.2 Å². The second-order valence-electron chi connectivity index (χ2n) is 7.02. The molecule has 0 spiro atoms. The Morgan fingerprint density at radius 2 is 1.59 bits per heavy atom. The predicted octanol–water partition coefficient (Wildman–Crippen LogP) is 3.08. The third kappa shape index (κ3) is 6.52. The molecule has 5 nitrogen and oxygen atoms in total. The first-order valence-corrected chi connectivity index (χ1v) is 9.73. The summed E-state index contributed by atoms with van der Waals surface area (Å²) in [4.78, 5) is 19.1. The summed E-state index contributed by atoms with van der Waals surface area (Å²) >= 11 is 0. The highest BCUT2D eigenvalue weighted by atomic mass is 15.2. The van der Waals surface area contributed by atoms with E-state index in [1.54, 1.807) is 0 Å². The summed E-state index contributed by atoms with van der Waals surface area (Å²) in [7, 11) is 0. The lowest BCUT2D eigenvalue weighted by Gasteiger charge is -2.32. The standard InChI is InChI=1S/C22H33N5/c1-6-13-26-15-11-23-19(4)21-9-8-10-22(25-21)20(5)24-12-16-27(14-7-2)18(3)17-26/h6-10,18H,1-2,11-17H2,3-5H3. The summed E-state index contributed by atoms with van der Waals surface area (Å²) < 4.78 is 0. The van der Waals surface area contributed by atoms with Crippen LogP contribution < -0.4 is 0 Å². The van der Waals surface area contributed by atoms with E-state index in [-0.39, 0.29) is 0 Å². The molecule has 1 aromatic rings. The van der Waals surface area contributed by atoms with E-state index in [9.17, 15) is 0 Å². The van der Waals surface area contributed by atoms with Gasteiger partial charge in [0, 0.05) is 38.8 Å². The first kappa shape index (κ1) is 21.2. The smallest absolute Gasteiger partial charge is 0.0845 e. The normalized spacial score (nSPS) is 20.8. The number of aromatic nitrogens is 1. The van der Waals surface area contributed by atoms with Crippen LogP contribution in [0, 0.1) is 0 Å². The molecule has 1 aliphatic heterocycles. The average molecular weight is 368 g/mol. The Morgan fingerprint density at radius 3 is 2.19 bits per heavy atom. The van der Waals surface area contributed by atoms with Gasteiger partial charge in [-0.25, -0.2) is 4.98 Å². The van der Waals surface area contributed by atoms with Gasteiger partial charge in [0.05, 0.1) is 35.9 Å². The summed E-state index contributed by atoms with van der Waals surface area (Å²) in [5.74, 6) is 0. The number of nitrogens with zero attached hydrogens (tertiary/aromatic N) is 5. The van der Waals surface area contributed by atoms with Crippen LogP contribution in [0.3, 0.4) is 0 Å². The number of pyridine rings is 1. The molecule has 1 aliphatic rings. The number of hydrogen-bond donors (Lipinski definition) is 0. The molecule has 0 amide bonds. The second kappa shape index (κ2) is 10.9. The summed E-state index contributed by atoms with van der Waals surface area (Å²) in [6.45, 7) is 20.2.